The molecule has 0 amide bonds. The molecule has 0 aliphatic carbocycles. The maximum Gasteiger partial charge on any atom is 0.261 e. The molecule has 6 heteroatoms. The molecule has 21 heavy (non-hydrogen) atoms. The predicted octanol–water partition coefficient (Wildman–Crippen LogP) is 1.86. The summed E-state index contributed by atoms with van der Waals surface area (Å²) >= 11 is 0. The van der Waals surface area contributed by atoms with Crippen LogP contribution in [0.3, 0.4) is 0 Å². The summed E-state index contributed by atoms with van der Waals surface area (Å²) in [5, 5.41) is 12.7. The number of aliphatic hydroxyl groups excluding tert-OH is 1. The van der Waals surface area contributed by atoms with Gasteiger partial charge in [-0.25, -0.2) is 8.78 Å². The molecule has 0 radical (unpaired) electrons. The number of aliphatic hydroxyl groups is 1. The van der Waals surface area contributed by atoms with Crippen molar-refractivity contribution in [3.63, 3.8) is 0 Å². The van der Waals surface area contributed by atoms with Crippen molar-refractivity contribution in [1.29, 1.82) is 0 Å². The second-order valence-electron chi connectivity index (χ2n) is 4.64. The van der Waals surface area contributed by atoms with Crippen LogP contribution in [0.5, 0.6) is 5.75 Å². The Hall–Kier alpha value is -1.24. The van der Waals surface area contributed by atoms with E-state index in [-0.39, 0.29) is 13.2 Å². The van der Waals surface area contributed by atoms with Crippen LogP contribution in [-0.4, -0.2) is 50.5 Å². The van der Waals surface area contributed by atoms with Gasteiger partial charge in [0.1, 0.15) is 25.1 Å². The van der Waals surface area contributed by atoms with Crippen LogP contribution in [0.4, 0.5) is 8.78 Å². The average Bonchev–Trinajstić information content (AvgIpc) is 2.48. The van der Waals surface area contributed by atoms with Crippen molar-refractivity contribution in [2.75, 3.05) is 32.9 Å². The number of halogens is 2. The number of nitrogens with one attached hydrogen (secondary N) is 1. The number of alkyl halides is 2. The number of ether oxygens (including phenoxy) is 2. The highest BCUT2D eigenvalue weighted by atomic mass is 19.3. The zero-order chi connectivity index (χ0) is 15.5. The highest BCUT2D eigenvalue weighted by Crippen LogP contribution is 2.13. The molecule has 0 heterocycles. The van der Waals surface area contributed by atoms with Gasteiger partial charge in [0.25, 0.3) is 6.43 Å². The minimum absolute atomic E-state index is 0.179. The van der Waals surface area contributed by atoms with Crippen LogP contribution in [-0.2, 0) is 11.2 Å². The molecule has 0 aromatic heterocycles. The fourth-order valence-electron chi connectivity index (χ4n) is 1.69. The van der Waals surface area contributed by atoms with Gasteiger partial charge >= 0.3 is 0 Å². The Morgan fingerprint density at radius 3 is 2.81 bits per heavy atom. The Morgan fingerprint density at radius 1 is 1.29 bits per heavy atom. The molecule has 1 aromatic rings. The lowest BCUT2D eigenvalue weighted by atomic mass is 10.2. The first-order valence-corrected chi connectivity index (χ1v) is 7.08. The summed E-state index contributed by atoms with van der Waals surface area (Å²) < 4.78 is 33.8. The number of hydrogen-bond donors (Lipinski definition) is 2. The smallest absolute Gasteiger partial charge is 0.261 e. The van der Waals surface area contributed by atoms with Gasteiger partial charge in [0.2, 0.25) is 0 Å². The number of hydrogen-bond acceptors (Lipinski definition) is 4. The fraction of sp³-hybridized carbons (Fsp3) is 0.600. The van der Waals surface area contributed by atoms with Crippen molar-refractivity contribution in [2.24, 2.45) is 0 Å². The minimum atomic E-state index is -2.44. The summed E-state index contributed by atoms with van der Waals surface area (Å²) in [6.07, 6.45) is -2.17. The normalized spacial score (nSPS) is 12.6. The average molecular weight is 303 g/mol. The molecular weight excluding hydrogens is 280 g/mol. The van der Waals surface area contributed by atoms with Crippen molar-refractivity contribution in [1.82, 2.24) is 5.32 Å². The summed E-state index contributed by atoms with van der Waals surface area (Å²) in [4.78, 5) is 0. The number of rotatable bonds is 11. The molecule has 0 spiro atoms. The first-order valence-electron chi connectivity index (χ1n) is 7.08. The molecule has 0 bridgehead atoms. The van der Waals surface area contributed by atoms with Gasteiger partial charge in [0.05, 0.1) is 6.61 Å². The minimum Gasteiger partial charge on any atom is -0.491 e. The summed E-state index contributed by atoms with van der Waals surface area (Å²) in [5.74, 6) is 0.730. The van der Waals surface area contributed by atoms with E-state index in [2.05, 4.69) is 12.2 Å². The van der Waals surface area contributed by atoms with E-state index in [9.17, 15) is 13.9 Å². The number of aryl methyl sites for hydroxylation is 1. The molecule has 1 aromatic carbocycles. The van der Waals surface area contributed by atoms with Crippen LogP contribution in [0.2, 0.25) is 0 Å². The lowest BCUT2D eigenvalue weighted by Gasteiger charge is -2.14. The summed E-state index contributed by atoms with van der Waals surface area (Å²) in [5.41, 5.74) is 1.18. The first-order chi connectivity index (χ1) is 10.1. The van der Waals surface area contributed by atoms with E-state index >= 15 is 0 Å². The monoisotopic (exact) mass is 303 g/mol. The van der Waals surface area contributed by atoms with E-state index in [1.807, 2.05) is 24.3 Å². The van der Waals surface area contributed by atoms with Crippen LogP contribution < -0.4 is 10.1 Å². The van der Waals surface area contributed by atoms with Gasteiger partial charge in [0.15, 0.2) is 0 Å². The van der Waals surface area contributed by atoms with Crippen molar-refractivity contribution in [3.05, 3.63) is 29.8 Å². The van der Waals surface area contributed by atoms with E-state index in [4.69, 9.17) is 9.47 Å². The zero-order valence-corrected chi connectivity index (χ0v) is 12.2. The summed E-state index contributed by atoms with van der Waals surface area (Å²) in [6, 6.07) is 7.72. The lowest BCUT2D eigenvalue weighted by Crippen LogP contribution is -2.33. The third-order valence-corrected chi connectivity index (χ3v) is 2.80. The Morgan fingerprint density at radius 2 is 2.10 bits per heavy atom. The SMILES string of the molecule is CCc1cccc(OCC(O)CNCCOCC(F)F)c1. The lowest BCUT2D eigenvalue weighted by molar-refractivity contribution is 0.0177. The molecule has 2 N–H and O–H groups in total. The van der Waals surface area contributed by atoms with E-state index in [0.29, 0.717) is 13.1 Å². The van der Waals surface area contributed by atoms with Crippen LogP contribution in [0.1, 0.15) is 12.5 Å². The van der Waals surface area contributed by atoms with Gasteiger partial charge in [-0.05, 0) is 24.1 Å². The van der Waals surface area contributed by atoms with Gasteiger partial charge in [-0.1, -0.05) is 19.1 Å². The van der Waals surface area contributed by atoms with E-state index in [0.717, 1.165) is 12.2 Å². The Bertz CT molecular complexity index is 391. The zero-order valence-electron chi connectivity index (χ0n) is 12.2. The Balaban J connectivity index is 2.09. The summed E-state index contributed by atoms with van der Waals surface area (Å²) in [6.45, 7) is 2.62. The topological polar surface area (TPSA) is 50.7 Å². The van der Waals surface area contributed by atoms with Gasteiger partial charge < -0.3 is 19.9 Å². The van der Waals surface area contributed by atoms with E-state index in [1.54, 1.807) is 0 Å². The molecule has 1 rings (SSSR count). The van der Waals surface area contributed by atoms with Gasteiger partial charge in [0, 0.05) is 13.1 Å². The second-order valence-corrected chi connectivity index (χ2v) is 4.64. The molecule has 1 atom stereocenters. The maximum absolute atomic E-state index is 11.8. The van der Waals surface area contributed by atoms with Gasteiger partial charge in [-0.15, -0.1) is 0 Å². The van der Waals surface area contributed by atoms with Crippen LogP contribution in [0.25, 0.3) is 0 Å². The van der Waals surface area contributed by atoms with Crippen molar-refractivity contribution in [3.8, 4) is 5.75 Å². The van der Waals surface area contributed by atoms with Gasteiger partial charge in [-0.2, -0.15) is 0 Å². The van der Waals surface area contributed by atoms with Crippen molar-refractivity contribution in [2.45, 2.75) is 25.9 Å². The van der Waals surface area contributed by atoms with Gasteiger partial charge in [-0.3, -0.25) is 0 Å². The third-order valence-electron chi connectivity index (χ3n) is 2.80. The largest absolute Gasteiger partial charge is 0.491 e. The Labute approximate surface area is 124 Å². The molecule has 4 nitrogen and oxygen atoms in total. The summed E-state index contributed by atoms with van der Waals surface area (Å²) in [7, 11) is 0. The Kier molecular flexibility index (Phi) is 8.89. The van der Waals surface area contributed by atoms with E-state index in [1.165, 1.54) is 5.56 Å². The maximum atomic E-state index is 11.8. The highest BCUT2D eigenvalue weighted by molar-refractivity contribution is 5.28. The first kappa shape index (κ1) is 17.8. The molecular formula is C15H23F2NO3. The fourth-order valence-corrected chi connectivity index (χ4v) is 1.69. The number of benzene rings is 1. The van der Waals surface area contributed by atoms with Crippen LogP contribution >= 0.6 is 0 Å². The molecule has 0 aliphatic heterocycles. The van der Waals surface area contributed by atoms with Crippen LogP contribution in [0, 0.1) is 0 Å². The molecule has 0 saturated heterocycles. The molecule has 120 valence electrons. The molecule has 0 aliphatic rings. The predicted molar refractivity (Wildman–Crippen MR) is 77.0 cm³/mol. The molecule has 1 unspecified atom stereocenters. The van der Waals surface area contributed by atoms with Crippen molar-refractivity contribution >= 4 is 0 Å². The van der Waals surface area contributed by atoms with Crippen LogP contribution in [0.15, 0.2) is 24.3 Å². The molecule has 0 saturated carbocycles. The quantitative estimate of drug-likeness (QED) is 0.613. The van der Waals surface area contributed by atoms with E-state index < -0.39 is 19.1 Å². The second kappa shape index (κ2) is 10.5. The molecule has 0 fully saturated rings. The van der Waals surface area contributed by atoms with Crippen molar-refractivity contribution < 1.29 is 23.4 Å². The third kappa shape index (κ3) is 8.60. The standard InChI is InChI=1S/C15H23F2NO3/c1-2-12-4-3-5-14(8-12)21-10-13(19)9-18-6-7-20-11-15(16)17/h3-5,8,13,15,18-19H,2,6-7,9-11H2,1H3. The highest BCUT2D eigenvalue weighted by Gasteiger charge is 2.06.